The molecule has 2 aliphatic carbocycles. The topological polar surface area (TPSA) is 21.3 Å². The van der Waals surface area contributed by atoms with Crippen molar-refractivity contribution in [2.24, 2.45) is 5.92 Å². The maximum atomic E-state index is 5.73. The first kappa shape index (κ1) is 10.4. The molecule has 0 aromatic carbocycles. The molecular formula is C12H23NO. The predicted octanol–water partition coefficient (Wildman–Crippen LogP) is 3.03. The van der Waals surface area contributed by atoms with E-state index in [0.29, 0.717) is 12.1 Å². The van der Waals surface area contributed by atoms with E-state index in [9.17, 15) is 0 Å². The fourth-order valence-corrected chi connectivity index (χ4v) is 2.58. The molecule has 0 unspecified atom stereocenters. The van der Waals surface area contributed by atoms with Gasteiger partial charge in [-0.15, -0.1) is 0 Å². The van der Waals surface area contributed by atoms with Crippen molar-refractivity contribution in [2.75, 3.05) is 0 Å². The molecule has 1 N–H and O–H groups in total. The normalized spacial score (nSPS) is 34.9. The van der Waals surface area contributed by atoms with Crippen molar-refractivity contribution in [3.63, 3.8) is 0 Å². The zero-order valence-corrected chi connectivity index (χ0v) is 9.30. The summed E-state index contributed by atoms with van der Waals surface area (Å²) in [6.07, 6.45) is 11.1. The van der Waals surface area contributed by atoms with E-state index < -0.39 is 0 Å². The van der Waals surface area contributed by atoms with E-state index in [0.717, 1.165) is 5.92 Å². The molecule has 82 valence electrons. The number of hydrogen-bond donors (Lipinski definition) is 1. The van der Waals surface area contributed by atoms with Crippen LogP contribution in [0.4, 0.5) is 0 Å². The molecule has 2 fully saturated rings. The molecule has 0 aromatic rings. The van der Waals surface area contributed by atoms with Crippen molar-refractivity contribution in [3.05, 3.63) is 0 Å². The maximum absolute atomic E-state index is 5.73. The van der Waals surface area contributed by atoms with Crippen LogP contribution in [0.2, 0.25) is 0 Å². The summed E-state index contributed by atoms with van der Waals surface area (Å²) in [7, 11) is 0. The minimum atomic E-state index is 0.509. The molecule has 0 heterocycles. The van der Waals surface area contributed by atoms with Crippen LogP contribution in [0.5, 0.6) is 0 Å². The Bertz CT molecular complexity index is 158. The summed E-state index contributed by atoms with van der Waals surface area (Å²) in [5.74, 6) is 0.930. The van der Waals surface area contributed by atoms with Gasteiger partial charge in [0.15, 0.2) is 0 Å². The second-order valence-corrected chi connectivity index (χ2v) is 5.10. The summed E-state index contributed by atoms with van der Waals surface area (Å²) in [6, 6.07) is 0.631. The highest BCUT2D eigenvalue weighted by molar-refractivity contribution is 4.73. The SMILES string of the molecule is CC1CCC(NOC2CCCC2)CC1. The van der Waals surface area contributed by atoms with Gasteiger partial charge in [0.2, 0.25) is 0 Å². The highest BCUT2D eigenvalue weighted by atomic mass is 16.7. The van der Waals surface area contributed by atoms with Crippen molar-refractivity contribution in [1.82, 2.24) is 5.48 Å². The first-order valence-electron chi connectivity index (χ1n) is 6.26. The van der Waals surface area contributed by atoms with Crippen LogP contribution in [0.3, 0.4) is 0 Å². The highest BCUT2D eigenvalue weighted by Crippen LogP contribution is 2.25. The Kier molecular flexibility index (Phi) is 3.82. The average molecular weight is 197 g/mol. The molecule has 0 aromatic heterocycles. The lowest BCUT2D eigenvalue weighted by atomic mass is 9.88. The largest absolute Gasteiger partial charge is 0.298 e. The fourth-order valence-electron chi connectivity index (χ4n) is 2.58. The molecule has 0 radical (unpaired) electrons. The van der Waals surface area contributed by atoms with Gasteiger partial charge in [-0.1, -0.05) is 19.8 Å². The fraction of sp³-hybridized carbons (Fsp3) is 1.00. The van der Waals surface area contributed by atoms with Gasteiger partial charge in [0.05, 0.1) is 6.10 Å². The Balaban J connectivity index is 1.60. The molecule has 0 spiro atoms. The molecule has 2 saturated carbocycles. The summed E-state index contributed by atoms with van der Waals surface area (Å²) in [6.45, 7) is 2.36. The number of hydroxylamine groups is 1. The van der Waals surface area contributed by atoms with Gasteiger partial charge in [-0.3, -0.25) is 4.84 Å². The van der Waals surface area contributed by atoms with Crippen LogP contribution < -0.4 is 5.48 Å². The van der Waals surface area contributed by atoms with E-state index in [4.69, 9.17) is 4.84 Å². The maximum Gasteiger partial charge on any atom is 0.0790 e. The molecule has 0 amide bonds. The van der Waals surface area contributed by atoms with E-state index in [-0.39, 0.29) is 0 Å². The van der Waals surface area contributed by atoms with Gasteiger partial charge in [-0.2, -0.15) is 5.48 Å². The van der Waals surface area contributed by atoms with Crippen molar-refractivity contribution in [1.29, 1.82) is 0 Å². The van der Waals surface area contributed by atoms with Crippen LogP contribution in [0.25, 0.3) is 0 Å². The summed E-state index contributed by atoms with van der Waals surface area (Å²) < 4.78 is 0. The molecule has 2 rings (SSSR count). The Labute approximate surface area is 87.4 Å². The summed E-state index contributed by atoms with van der Waals surface area (Å²) in [5, 5.41) is 0. The van der Waals surface area contributed by atoms with Crippen LogP contribution in [-0.2, 0) is 4.84 Å². The lowest BCUT2D eigenvalue weighted by molar-refractivity contribution is -0.0479. The van der Waals surface area contributed by atoms with Gasteiger partial charge < -0.3 is 0 Å². The molecule has 14 heavy (non-hydrogen) atoms. The monoisotopic (exact) mass is 197 g/mol. The zero-order chi connectivity index (χ0) is 9.80. The van der Waals surface area contributed by atoms with E-state index in [1.165, 1.54) is 51.4 Å². The smallest absolute Gasteiger partial charge is 0.0790 e. The third kappa shape index (κ3) is 2.96. The Hall–Kier alpha value is -0.0800. The quantitative estimate of drug-likeness (QED) is 0.702. The summed E-state index contributed by atoms with van der Waals surface area (Å²) >= 11 is 0. The van der Waals surface area contributed by atoms with Crippen molar-refractivity contribution >= 4 is 0 Å². The first-order valence-corrected chi connectivity index (χ1v) is 6.26. The van der Waals surface area contributed by atoms with Gasteiger partial charge in [0, 0.05) is 6.04 Å². The minimum absolute atomic E-state index is 0.509. The van der Waals surface area contributed by atoms with Gasteiger partial charge in [-0.25, -0.2) is 0 Å². The van der Waals surface area contributed by atoms with Crippen molar-refractivity contribution in [2.45, 2.75) is 70.4 Å². The second kappa shape index (κ2) is 5.13. The van der Waals surface area contributed by atoms with Crippen LogP contribution in [0.1, 0.15) is 58.3 Å². The summed E-state index contributed by atoms with van der Waals surface area (Å²) in [5.41, 5.74) is 3.28. The van der Waals surface area contributed by atoms with Gasteiger partial charge in [0.1, 0.15) is 0 Å². The van der Waals surface area contributed by atoms with Crippen molar-refractivity contribution in [3.8, 4) is 0 Å². The molecule has 0 bridgehead atoms. The standard InChI is InChI=1S/C12H23NO/c1-10-6-8-11(9-7-10)13-14-12-4-2-3-5-12/h10-13H,2-9H2,1H3. The minimum Gasteiger partial charge on any atom is -0.298 e. The van der Waals surface area contributed by atoms with Gasteiger partial charge in [-0.05, 0) is 44.4 Å². The zero-order valence-electron chi connectivity index (χ0n) is 9.30. The van der Waals surface area contributed by atoms with Crippen LogP contribution in [0, 0.1) is 5.92 Å². The predicted molar refractivity (Wildman–Crippen MR) is 57.9 cm³/mol. The van der Waals surface area contributed by atoms with E-state index in [1.54, 1.807) is 0 Å². The number of hydrogen-bond acceptors (Lipinski definition) is 2. The molecule has 0 aliphatic heterocycles. The molecular weight excluding hydrogens is 174 g/mol. The van der Waals surface area contributed by atoms with E-state index in [1.807, 2.05) is 0 Å². The lowest BCUT2D eigenvalue weighted by Crippen LogP contribution is -2.35. The molecule has 0 atom stereocenters. The Morgan fingerprint density at radius 3 is 2.21 bits per heavy atom. The second-order valence-electron chi connectivity index (χ2n) is 5.10. The Morgan fingerprint density at radius 2 is 1.57 bits per heavy atom. The van der Waals surface area contributed by atoms with Gasteiger partial charge in [0.25, 0.3) is 0 Å². The van der Waals surface area contributed by atoms with Crippen molar-refractivity contribution < 1.29 is 4.84 Å². The van der Waals surface area contributed by atoms with Gasteiger partial charge >= 0.3 is 0 Å². The van der Waals surface area contributed by atoms with Crippen LogP contribution >= 0.6 is 0 Å². The van der Waals surface area contributed by atoms with Crippen LogP contribution in [0.15, 0.2) is 0 Å². The highest BCUT2D eigenvalue weighted by Gasteiger charge is 2.21. The third-order valence-corrected chi connectivity index (χ3v) is 3.72. The number of nitrogens with one attached hydrogen (secondary N) is 1. The molecule has 2 nitrogen and oxygen atoms in total. The average Bonchev–Trinajstić information content (AvgIpc) is 2.70. The van der Waals surface area contributed by atoms with Crippen LogP contribution in [-0.4, -0.2) is 12.1 Å². The lowest BCUT2D eigenvalue weighted by Gasteiger charge is -2.27. The first-order chi connectivity index (χ1) is 6.84. The van der Waals surface area contributed by atoms with E-state index in [2.05, 4.69) is 12.4 Å². The Morgan fingerprint density at radius 1 is 0.929 bits per heavy atom. The van der Waals surface area contributed by atoms with E-state index >= 15 is 0 Å². The molecule has 2 heteroatoms. The molecule has 0 saturated heterocycles. The third-order valence-electron chi connectivity index (χ3n) is 3.72. The summed E-state index contributed by atoms with van der Waals surface area (Å²) in [4.78, 5) is 5.73. The number of rotatable bonds is 3. The molecule has 2 aliphatic rings.